The van der Waals surface area contributed by atoms with Gasteiger partial charge in [-0.15, -0.1) is 11.3 Å². The lowest BCUT2D eigenvalue weighted by atomic mass is 9.95. The lowest BCUT2D eigenvalue weighted by Gasteiger charge is -2.15. The number of rotatable bonds is 5. The Bertz CT molecular complexity index is 1050. The number of nitrogens with one attached hydrogen (secondary N) is 1. The summed E-state index contributed by atoms with van der Waals surface area (Å²) in [5.74, 6) is -0.928. The Balaban J connectivity index is 1.55. The summed E-state index contributed by atoms with van der Waals surface area (Å²) in [5.41, 5.74) is 7.26. The van der Waals surface area contributed by atoms with Crippen molar-refractivity contribution < 1.29 is 18.0 Å². The smallest absolute Gasteiger partial charge is 0.256 e. The van der Waals surface area contributed by atoms with Crippen LogP contribution in [0.3, 0.4) is 0 Å². The molecule has 1 aromatic carbocycles. The summed E-state index contributed by atoms with van der Waals surface area (Å²) in [6.07, 6.45) is 5.48. The van der Waals surface area contributed by atoms with Crippen LogP contribution in [0.2, 0.25) is 0 Å². The zero-order valence-electron chi connectivity index (χ0n) is 15.9. The number of primary amides is 1. The van der Waals surface area contributed by atoms with Crippen molar-refractivity contribution in [2.24, 2.45) is 5.73 Å². The van der Waals surface area contributed by atoms with Gasteiger partial charge in [0.15, 0.2) is 0 Å². The van der Waals surface area contributed by atoms with Crippen molar-refractivity contribution >= 4 is 38.2 Å². The molecule has 0 unspecified atom stereocenters. The molecule has 7 nitrogen and oxygen atoms in total. The molecule has 4 rings (SSSR count). The van der Waals surface area contributed by atoms with E-state index in [1.165, 1.54) is 39.9 Å². The number of benzene rings is 1. The summed E-state index contributed by atoms with van der Waals surface area (Å²) in [6, 6.07) is 5.90. The predicted octanol–water partition coefficient (Wildman–Crippen LogP) is 2.76. The van der Waals surface area contributed by atoms with Crippen LogP contribution in [0.1, 0.15) is 56.8 Å². The van der Waals surface area contributed by atoms with Crippen LogP contribution in [-0.2, 0) is 22.9 Å². The Kier molecular flexibility index (Phi) is 5.46. The Morgan fingerprint density at radius 3 is 2.31 bits per heavy atom. The maximum absolute atomic E-state index is 12.7. The Morgan fingerprint density at radius 2 is 1.66 bits per heavy atom. The van der Waals surface area contributed by atoms with Crippen LogP contribution in [0.5, 0.6) is 0 Å². The number of sulfonamides is 1. The number of thiophene rings is 1. The standard InChI is InChI=1S/C20H23N3O4S2/c21-18(24)17-15-5-1-2-6-16(15)28-20(17)22-19(25)13-7-9-14(10-8-13)29(26,27)23-11-3-4-12-23/h7-10H,1-6,11-12H2,(H2,21,24)(H,22,25). The molecule has 0 spiro atoms. The van der Waals surface area contributed by atoms with Gasteiger partial charge in [0, 0.05) is 23.5 Å². The first-order valence-corrected chi connectivity index (χ1v) is 12.0. The fourth-order valence-corrected chi connectivity index (χ4v) is 6.75. The molecule has 0 saturated carbocycles. The second kappa shape index (κ2) is 7.89. The van der Waals surface area contributed by atoms with E-state index >= 15 is 0 Å². The number of hydrogen-bond donors (Lipinski definition) is 2. The van der Waals surface area contributed by atoms with E-state index in [1.807, 2.05) is 0 Å². The van der Waals surface area contributed by atoms with E-state index in [4.69, 9.17) is 5.73 Å². The van der Waals surface area contributed by atoms with Gasteiger partial charge in [-0.2, -0.15) is 4.31 Å². The minimum atomic E-state index is -3.52. The SMILES string of the molecule is NC(=O)c1c(NC(=O)c2ccc(S(=O)(=O)N3CCCC3)cc2)sc2c1CCCC2. The number of amides is 2. The molecule has 0 atom stereocenters. The van der Waals surface area contributed by atoms with Crippen LogP contribution in [0.25, 0.3) is 0 Å². The second-order valence-electron chi connectivity index (χ2n) is 7.37. The maximum Gasteiger partial charge on any atom is 0.256 e. The molecule has 0 bridgehead atoms. The van der Waals surface area contributed by atoms with E-state index < -0.39 is 21.8 Å². The monoisotopic (exact) mass is 433 g/mol. The molecule has 2 amide bonds. The van der Waals surface area contributed by atoms with Crippen LogP contribution in [0.4, 0.5) is 5.00 Å². The zero-order valence-corrected chi connectivity index (χ0v) is 17.6. The number of fused-ring (bicyclic) bond motifs is 1. The van der Waals surface area contributed by atoms with Gasteiger partial charge >= 0.3 is 0 Å². The van der Waals surface area contributed by atoms with Crippen LogP contribution >= 0.6 is 11.3 Å². The molecule has 1 aliphatic carbocycles. The highest BCUT2D eigenvalue weighted by atomic mass is 32.2. The highest BCUT2D eigenvalue weighted by Crippen LogP contribution is 2.38. The van der Waals surface area contributed by atoms with Crippen molar-refractivity contribution in [2.45, 2.75) is 43.4 Å². The van der Waals surface area contributed by atoms with E-state index in [0.717, 1.165) is 49.0 Å². The number of aryl methyl sites for hydroxylation is 1. The average molecular weight is 434 g/mol. The minimum absolute atomic E-state index is 0.181. The Labute approximate surface area is 174 Å². The van der Waals surface area contributed by atoms with Crippen molar-refractivity contribution in [3.63, 3.8) is 0 Å². The van der Waals surface area contributed by atoms with E-state index in [9.17, 15) is 18.0 Å². The number of anilines is 1. The third-order valence-electron chi connectivity index (χ3n) is 5.46. The number of nitrogens with two attached hydrogens (primary N) is 1. The van der Waals surface area contributed by atoms with Gasteiger partial charge in [0.1, 0.15) is 5.00 Å². The first-order chi connectivity index (χ1) is 13.9. The highest BCUT2D eigenvalue weighted by molar-refractivity contribution is 7.89. The molecule has 1 fully saturated rings. The molecule has 2 heterocycles. The largest absolute Gasteiger partial charge is 0.365 e. The highest BCUT2D eigenvalue weighted by Gasteiger charge is 2.28. The number of carbonyl (C=O) groups is 2. The summed E-state index contributed by atoms with van der Waals surface area (Å²) in [4.78, 5) is 25.9. The van der Waals surface area contributed by atoms with Gasteiger partial charge in [0.2, 0.25) is 10.0 Å². The van der Waals surface area contributed by atoms with Gasteiger partial charge in [-0.05, 0) is 68.4 Å². The van der Waals surface area contributed by atoms with Crippen molar-refractivity contribution in [3.05, 3.63) is 45.8 Å². The summed E-state index contributed by atoms with van der Waals surface area (Å²) in [7, 11) is -3.52. The molecule has 154 valence electrons. The third kappa shape index (κ3) is 3.82. The van der Waals surface area contributed by atoms with Crippen molar-refractivity contribution in [1.29, 1.82) is 0 Å². The fraction of sp³-hybridized carbons (Fsp3) is 0.400. The van der Waals surface area contributed by atoms with Crippen molar-refractivity contribution in [3.8, 4) is 0 Å². The summed E-state index contributed by atoms with van der Waals surface area (Å²) >= 11 is 1.40. The van der Waals surface area contributed by atoms with E-state index in [-0.39, 0.29) is 4.90 Å². The Hall–Kier alpha value is -2.23. The topological polar surface area (TPSA) is 110 Å². The molecule has 1 aromatic heterocycles. The third-order valence-corrected chi connectivity index (χ3v) is 8.58. The average Bonchev–Trinajstić information content (AvgIpc) is 3.36. The molecule has 2 aliphatic rings. The van der Waals surface area contributed by atoms with Crippen molar-refractivity contribution in [1.82, 2.24) is 4.31 Å². The summed E-state index contributed by atoms with van der Waals surface area (Å²) in [6.45, 7) is 1.06. The summed E-state index contributed by atoms with van der Waals surface area (Å²) in [5, 5.41) is 3.27. The molecular formula is C20H23N3O4S2. The van der Waals surface area contributed by atoms with Gasteiger partial charge < -0.3 is 11.1 Å². The van der Waals surface area contributed by atoms with E-state index in [1.54, 1.807) is 0 Å². The van der Waals surface area contributed by atoms with Crippen LogP contribution in [-0.4, -0.2) is 37.6 Å². The van der Waals surface area contributed by atoms with Crippen LogP contribution in [0.15, 0.2) is 29.2 Å². The number of nitrogens with zero attached hydrogens (tertiary/aromatic N) is 1. The lowest BCUT2D eigenvalue weighted by Crippen LogP contribution is -2.27. The van der Waals surface area contributed by atoms with Gasteiger partial charge in [0.05, 0.1) is 10.5 Å². The molecule has 9 heteroatoms. The molecule has 3 N–H and O–H groups in total. The summed E-state index contributed by atoms with van der Waals surface area (Å²) < 4.78 is 26.7. The van der Waals surface area contributed by atoms with E-state index in [0.29, 0.717) is 29.2 Å². The number of carbonyl (C=O) groups excluding carboxylic acids is 2. The molecule has 29 heavy (non-hydrogen) atoms. The first kappa shape index (κ1) is 20.1. The molecule has 2 aromatic rings. The van der Waals surface area contributed by atoms with Crippen molar-refractivity contribution in [2.75, 3.05) is 18.4 Å². The maximum atomic E-state index is 12.7. The normalized spacial score (nSPS) is 17.1. The first-order valence-electron chi connectivity index (χ1n) is 9.74. The number of hydrogen-bond acceptors (Lipinski definition) is 5. The van der Waals surface area contributed by atoms with E-state index in [2.05, 4.69) is 5.32 Å². The molecular weight excluding hydrogens is 410 g/mol. The quantitative estimate of drug-likeness (QED) is 0.755. The van der Waals surface area contributed by atoms with Gasteiger partial charge in [0.25, 0.3) is 11.8 Å². The predicted molar refractivity (Wildman–Crippen MR) is 112 cm³/mol. The van der Waals surface area contributed by atoms with Gasteiger partial charge in [-0.3, -0.25) is 9.59 Å². The second-order valence-corrected chi connectivity index (χ2v) is 10.4. The fourth-order valence-electron chi connectivity index (χ4n) is 3.95. The van der Waals surface area contributed by atoms with Gasteiger partial charge in [-0.1, -0.05) is 0 Å². The van der Waals surface area contributed by atoms with Crippen LogP contribution in [0, 0.1) is 0 Å². The molecule has 0 radical (unpaired) electrons. The molecule has 1 aliphatic heterocycles. The Morgan fingerprint density at radius 1 is 1.00 bits per heavy atom. The van der Waals surface area contributed by atoms with Crippen LogP contribution < -0.4 is 11.1 Å². The van der Waals surface area contributed by atoms with Gasteiger partial charge in [-0.25, -0.2) is 8.42 Å². The minimum Gasteiger partial charge on any atom is -0.365 e. The lowest BCUT2D eigenvalue weighted by molar-refractivity contribution is 0.100. The zero-order chi connectivity index (χ0) is 20.6. The molecule has 1 saturated heterocycles.